The Morgan fingerprint density at radius 3 is 0.725 bits per heavy atom. The summed E-state index contributed by atoms with van der Waals surface area (Å²) >= 11 is 0. The van der Waals surface area contributed by atoms with Crippen LogP contribution in [0.4, 0.5) is 0 Å². The van der Waals surface area contributed by atoms with Crippen molar-refractivity contribution in [2.45, 2.75) is 195 Å². The largest absolute Gasteiger partial charge is 0.463 e. The fourth-order valence-electron chi connectivity index (χ4n) is 10.7. The molecular formula is C60H72N12O30. The molecule has 3 fully saturated rings. The van der Waals surface area contributed by atoms with Crippen molar-refractivity contribution in [3.05, 3.63) is 70.6 Å². The number of amides is 3. The Morgan fingerprint density at radius 2 is 0.520 bits per heavy atom. The number of nitrogens with one attached hydrogen (secondary N) is 3. The van der Waals surface area contributed by atoms with Gasteiger partial charge in [0.2, 0.25) is 0 Å². The second-order valence-electron chi connectivity index (χ2n) is 22.7. The van der Waals surface area contributed by atoms with Gasteiger partial charge in [0.1, 0.15) is 55.2 Å². The number of esters is 12. The lowest BCUT2D eigenvalue weighted by molar-refractivity contribution is -0.270. The van der Waals surface area contributed by atoms with Crippen LogP contribution in [0.3, 0.4) is 0 Å². The number of hydrogen-bond donors (Lipinski definition) is 3. The average molecular weight is 1440 g/mol. The highest BCUT2D eigenvalue weighted by Crippen LogP contribution is 2.38. The van der Waals surface area contributed by atoms with Gasteiger partial charge in [0.15, 0.2) is 73.6 Å². The van der Waals surface area contributed by atoms with Crippen LogP contribution in [0.5, 0.6) is 0 Å². The van der Waals surface area contributed by atoms with Crippen molar-refractivity contribution < 1.29 is 143 Å². The molecule has 0 unspecified atom stereocenters. The maximum Gasteiger partial charge on any atom is 0.303 e. The molecule has 1 aromatic carbocycles. The molecule has 102 heavy (non-hydrogen) atoms. The van der Waals surface area contributed by atoms with Gasteiger partial charge in [0.25, 0.3) is 17.7 Å². The average Bonchev–Trinajstić information content (AvgIpc) is 1.22. The SMILES string of the molecule is CC(=O)OC[C@H]1O[C@@H](n2cc(CNC(=O)c3cc(C(=O)NCc4cn([C@@H]5O[C@H](COC(C)=O)[C@H](OC(C)=O)[C@H](OC(C)=O)[C@H]5OC(C)=O)nn4)cc(C(=O)NCc4cn([C@@H]5O[C@H](COC(C)=O)[C@H](OC(C)=O)[C@H](OC(C)=O)[C@H]5OC(C)=O)nn4)c3)nn2)[C@H](OC(C)=O)[C@@H](OC(C)=O)[C@H]1OC(C)=O. The maximum absolute atomic E-state index is 14.3. The van der Waals surface area contributed by atoms with Crippen LogP contribution >= 0.6 is 0 Å². The summed E-state index contributed by atoms with van der Waals surface area (Å²) < 4.78 is 86.5. The fraction of sp³-hybridized carbons (Fsp3) is 0.550. The minimum atomic E-state index is -1.60. The molecule has 0 bridgehead atoms. The van der Waals surface area contributed by atoms with Gasteiger partial charge in [-0.3, -0.25) is 71.9 Å². The fourth-order valence-corrected chi connectivity index (χ4v) is 10.7. The standard InChI is InChI=1S/C60H72N12O30/c1-25(73)88-22-43-46(91-28(4)76)49(94-31(7)79)52(97-34(10)82)58(100-43)70-19-40(64-67-70)16-61-55(85)37-13-38(56(86)62-17-41-20-71(68-65-41)59-53(98-35(11)83)50(95-32(8)80)47(92-29(5)77)44(101-59)23-89-26(2)74)15-39(14-37)57(87)63-18-42-21-72(69-66-42)60-54(99-36(12)84)51(96-33(9)81)48(93-30(6)78)45(102-60)24-90-27(3)75/h13-15,19-21,43-54,58-60H,16-18,22-24H2,1-12H3,(H,61,85)(H,62,86)(H,63,87)/t43-,44-,45-,46+,47+,48+,49+,50+,51+,52-,53-,54-,58-,59-,60-/m1/s1. The van der Waals surface area contributed by atoms with Crippen molar-refractivity contribution in [3.8, 4) is 0 Å². The molecule has 3 N–H and O–H groups in total. The van der Waals surface area contributed by atoms with Gasteiger partial charge in [-0.15, -0.1) is 15.3 Å². The zero-order valence-corrected chi connectivity index (χ0v) is 56.6. The summed E-state index contributed by atoms with van der Waals surface area (Å²) in [5.41, 5.74) is -1.04. The van der Waals surface area contributed by atoms with Crippen LogP contribution in [-0.2, 0) is 148 Å². The monoisotopic (exact) mass is 1440 g/mol. The molecule has 42 nitrogen and oxygen atoms in total. The summed E-state index contributed by atoms with van der Waals surface area (Å²) in [4.78, 5) is 191. The van der Waals surface area contributed by atoms with E-state index in [2.05, 4.69) is 46.9 Å². The molecule has 3 aliphatic rings. The third-order valence-corrected chi connectivity index (χ3v) is 14.4. The number of hydrogen-bond acceptors (Lipinski definition) is 36. The highest BCUT2D eigenvalue weighted by Gasteiger charge is 2.56. The molecule has 0 saturated carbocycles. The third kappa shape index (κ3) is 21.5. The lowest BCUT2D eigenvalue weighted by Gasteiger charge is -2.44. The highest BCUT2D eigenvalue weighted by molar-refractivity contribution is 6.04. The van der Waals surface area contributed by atoms with Crippen molar-refractivity contribution in [1.82, 2.24) is 60.9 Å². The van der Waals surface area contributed by atoms with E-state index in [0.29, 0.717) is 0 Å². The van der Waals surface area contributed by atoms with Gasteiger partial charge in [-0.05, 0) is 18.2 Å². The Labute approximate surface area is 576 Å². The van der Waals surface area contributed by atoms with Crippen LogP contribution in [0.2, 0.25) is 0 Å². The Bertz CT molecular complexity index is 3440. The molecule has 3 amide bonds. The highest BCUT2D eigenvalue weighted by atomic mass is 16.7. The van der Waals surface area contributed by atoms with E-state index in [4.69, 9.17) is 71.1 Å². The minimum Gasteiger partial charge on any atom is -0.463 e. The van der Waals surface area contributed by atoms with E-state index in [-0.39, 0.29) is 33.8 Å². The summed E-state index contributed by atoms with van der Waals surface area (Å²) in [5.74, 6) is -13.2. The summed E-state index contributed by atoms with van der Waals surface area (Å²) in [6.45, 7) is 9.49. The van der Waals surface area contributed by atoms with Crippen molar-refractivity contribution >= 4 is 89.4 Å². The Morgan fingerprint density at radius 1 is 0.314 bits per heavy atom. The number of benzene rings is 1. The van der Waals surface area contributed by atoms with Crippen LogP contribution in [-0.4, -0.2) is 227 Å². The Kier molecular flexibility index (Phi) is 26.8. The number of carbonyl (C=O) groups excluding carboxylic acids is 15. The molecule has 0 radical (unpaired) electrons. The predicted octanol–water partition coefficient (Wildman–Crippen LogP) is -1.98. The second kappa shape index (κ2) is 35.1. The zero-order chi connectivity index (χ0) is 75.0. The quantitative estimate of drug-likeness (QED) is 0.0430. The molecule has 0 aliphatic carbocycles. The van der Waals surface area contributed by atoms with E-state index >= 15 is 0 Å². The normalized spacial score (nSPS) is 24.3. The van der Waals surface area contributed by atoms with Crippen molar-refractivity contribution in [3.63, 3.8) is 0 Å². The number of ether oxygens (including phenoxy) is 15. The molecule has 6 heterocycles. The van der Waals surface area contributed by atoms with E-state index < -0.39 is 221 Å². The van der Waals surface area contributed by atoms with Crippen LogP contribution < -0.4 is 16.0 Å². The van der Waals surface area contributed by atoms with Gasteiger partial charge in [0.05, 0.1) is 38.2 Å². The molecule has 15 atom stereocenters. The molecular weight excluding hydrogens is 1370 g/mol. The molecule has 4 aromatic rings. The first-order chi connectivity index (χ1) is 48.1. The Balaban J connectivity index is 1.19. The van der Waals surface area contributed by atoms with Gasteiger partial charge in [-0.25, -0.2) is 14.0 Å². The third-order valence-electron chi connectivity index (χ3n) is 14.4. The minimum absolute atomic E-state index is 0.0168. The lowest BCUT2D eigenvalue weighted by atomic mass is 9.97. The first-order valence-corrected chi connectivity index (χ1v) is 30.8. The van der Waals surface area contributed by atoms with Crippen LogP contribution in [0.1, 0.15) is 150 Å². The van der Waals surface area contributed by atoms with Crippen molar-refractivity contribution in [2.75, 3.05) is 19.8 Å². The summed E-state index contributed by atoms with van der Waals surface area (Å²) in [5, 5.41) is 32.3. The van der Waals surface area contributed by atoms with Gasteiger partial charge in [-0.1, -0.05) is 15.6 Å². The van der Waals surface area contributed by atoms with Crippen molar-refractivity contribution in [2.24, 2.45) is 0 Å². The van der Waals surface area contributed by atoms with Gasteiger partial charge in [-0.2, -0.15) is 0 Å². The number of aromatic nitrogens is 9. The van der Waals surface area contributed by atoms with Crippen molar-refractivity contribution in [1.29, 1.82) is 0 Å². The topological polar surface area (TPSA) is 523 Å². The van der Waals surface area contributed by atoms with Gasteiger partial charge in [0, 0.05) is 99.8 Å². The smallest absolute Gasteiger partial charge is 0.303 e. The molecule has 0 spiro atoms. The summed E-state index contributed by atoms with van der Waals surface area (Å²) in [6, 6.07) is 3.30. The molecule has 552 valence electrons. The van der Waals surface area contributed by atoms with E-state index in [1.54, 1.807) is 0 Å². The lowest BCUT2D eigenvalue weighted by Crippen LogP contribution is -2.60. The summed E-state index contributed by atoms with van der Waals surface area (Å²) in [7, 11) is 0. The van der Waals surface area contributed by atoms with Crippen LogP contribution in [0.25, 0.3) is 0 Å². The van der Waals surface area contributed by atoms with Crippen LogP contribution in [0.15, 0.2) is 36.8 Å². The van der Waals surface area contributed by atoms with Crippen LogP contribution in [0, 0.1) is 0 Å². The van der Waals surface area contributed by atoms with Gasteiger partial charge < -0.3 is 87.0 Å². The van der Waals surface area contributed by atoms with Gasteiger partial charge >= 0.3 is 71.6 Å². The van der Waals surface area contributed by atoms with E-state index in [1.807, 2.05) is 0 Å². The maximum atomic E-state index is 14.3. The molecule has 42 heteroatoms. The summed E-state index contributed by atoms with van der Waals surface area (Å²) in [6.07, 6.45) is -19.1. The number of nitrogens with zero attached hydrogens (tertiary/aromatic N) is 9. The van der Waals surface area contributed by atoms with E-state index in [1.165, 1.54) is 18.6 Å². The first kappa shape index (κ1) is 77.9. The second-order valence-corrected chi connectivity index (χ2v) is 22.7. The number of rotatable bonds is 27. The Hall–Kier alpha value is -11.4. The number of carbonyl (C=O) groups is 15. The van der Waals surface area contributed by atoms with E-state index in [0.717, 1.165) is 115 Å². The molecule has 3 saturated heterocycles. The molecule has 3 aromatic heterocycles. The zero-order valence-electron chi connectivity index (χ0n) is 56.6. The van der Waals surface area contributed by atoms with E-state index in [9.17, 15) is 71.9 Å². The predicted molar refractivity (Wildman–Crippen MR) is 322 cm³/mol. The first-order valence-electron chi connectivity index (χ1n) is 30.8. The molecule has 3 aliphatic heterocycles. The molecule has 7 rings (SSSR count).